The number of hydrogen-bond acceptors (Lipinski definition) is 5. The number of imide groups is 2. The van der Waals surface area contributed by atoms with Gasteiger partial charge in [-0.05, 0) is 23.8 Å². The molecule has 0 atom stereocenters. The Bertz CT molecular complexity index is 708. The quantitative estimate of drug-likeness (QED) is 0.503. The van der Waals surface area contributed by atoms with Gasteiger partial charge < -0.3 is 9.47 Å². The van der Waals surface area contributed by atoms with Crippen molar-refractivity contribution in [3.8, 4) is 11.5 Å². The van der Waals surface area contributed by atoms with Crippen LogP contribution in [0.25, 0.3) is 6.08 Å². The molecule has 1 N–H and O–H groups in total. The molecule has 120 valence electrons. The average molecular weight is 316 g/mol. The number of barbiturate groups is 1. The molecule has 0 bridgehead atoms. The van der Waals surface area contributed by atoms with Gasteiger partial charge in [-0.3, -0.25) is 19.8 Å². The van der Waals surface area contributed by atoms with E-state index in [0.717, 1.165) is 4.90 Å². The van der Waals surface area contributed by atoms with Crippen LogP contribution in [-0.2, 0) is 9.59 Å². The molecule has 1 aromatic carbocycles. The summed E-state index contributed by atoms with van der Waals surface area (Å²) < 4.78 is 10.3. The van der Waals surface area contributed by atoms with Gasteiger partial charge in [0, 0.05) is 6.54 Å². The number of nitrogens with zero attached hydrogens (tertiary/aromatic N) is 1. The molecule has 7 heteroatoms. The van der Waals surface area contributed by atoms with Gasteiger partial charge in [0.1, 0.15) is 5.57 Å². The Morgan fingerprint density at radius 3 is 2.48 bits per heavy atom. The maximum absolute atomic E-state index is 12.3. The molecular formula is C16H16N2O5. The van der Waals surface area contributed by atoms with Crippen molar-refractivity contribution in [1.82, 2.24) is 10.2 Å². The van der Waals surface area contributed by atoms with Crippen molar-refractivity contribution in [3.63, 3.8) is 0 Å². The molecule has 1 fully saturated rings. The zero-order valence-electron chi connectivity index (χ0n) is 12.8. The highest BCUT2D eigenvalue weighted by molar-refractivity contribution is 6.31. The molecular weight excluding hydrogens is 300 g/mol. The molecule has 1 aromatic rings. The topological polar surface area (TPSA) is 84.9 Å². The molecule has 0 aliphatic carbocycles. The van der Waals surface area contributed by atoms with Gasteiger partial charge >= 0.3 is 6.03 Å². The largest absolute Gasteiger partial charge is 0.493 e. The number of ether oxygens (including phenoxy) is 2. The van der Waals surface area contributed by atoms with Crippen LogP contribution in [0.15, 0.2) is 36.4 Å². The molecule has 0 aromatic heterocycles. The summed E-state index contributed by atoms with van der Waals surface area (Å²) in [4.78, 5) is 36.8. The van der Waals surface area contributed by atoms with Crippen molar-refractivity contribution in [1.29, 1.82) is 0 Å². The monoisotopic (exact) mass is 316 g/mol. The summed E-state index contributed by atoms with van der Waals surface area (Å²) >= 11 is 0. The summed E-state index contributed by atoms with van der Waals surface area (Å²) in [5, 5.41) is 2.12. The van der Waals surface area contributed by atoms with Crippen molar-refractivity contribution in [2.45, 2.75) is 0 Å². The first-order valence-corrected chi connectivity index (χ1v) is 6.73. The van der Waals surface area contributed by atoms with Crippen LogP contribution >= 0.6 is 0 Å². The van der Waals surface area contributed by atoms with E-state index in [4.69, 9.17) is 9.47 Å². The molecule has 7 nitrogen and oxygen atoms in total. The molecule has 1 aliphatic rings. The fourth-order valence-electron chi connectivity index (χ4n) is 2.10. The van der Waals surface area contributed by atoms with Crippen LogP contribution in [0.3, 0.4) is 0 Å². The van der Waals surface area contributed by atoms with E-state index in [2.05, 4.69) is 11.9 Å². The first-order chi connectivity index (χ1) is 11.0. The molecule has 0 spiro atoms. The summed E-state index contributed by atoms with van der Waals surface area (Å²) in [7, 11) is 2.99. The number of methoxy groups -OCH3 is 2. The Morgan fingerprint density at radius 2 is 1.87 bits per heavy atom. The molecule has 4 amide bonds. The number of rotatable bonds is 5. The summed E-state index contributed by atoms with van der Waals surface area (Å²) in [6.45, 7) is 3.50. The van der Waals surface area contributed by atoms with Gasteiger partial charge in [-0.2, -0.15) is 0 Å². The van der Waals surface area contributed by atoms with Gasteiger partial charge in [0.05, 0.1) is 14.2 Å². The third kappa shape index (κ3) is 3.23. The molecule has 0 radical (unpaired) electrons. The lowest BCUT2D eigenvalue weighted by molar-refractivity contribution is -0.129. The predicted octanol–water partition coefficient (Wildman–Crippen LogP) is 1.35. The number of carbonyl (C=O) groups excluding carboxylic acids is 3. The number of hydrogen-bond donors (Lipinski definition) is 1. The molecule has 1 aliphatic heterocycles. The van der Waals surface area contributed by atoms with E-state index in [-0.39, 0.29) is 12.1 Å². The van der Waals surface area contributed by atoms with E-state index in [0.29, 0.717) is 17.1 Å². The lowest BCUT2D eigenvalue weighted by atomic mass is 10.1. The van der Waals surface area contributed by atoms with Crippen molar-refractivity contribution < 1.29 is 23.9 Å². The van der Waals surface area contributed by atoms with E-state index in [1.807, 2.05) is 0 Å². The Hall–Kier alpha value is -3.09. The van der Waals surface area contributed by atoms with Crippen LogP contribution < -0.4 is 14.8 Å². The first kappa shape index (κ1) is 16.3. The maximum Gasteiger partial charge on any atom is 0.331 e. The number of nitrogens with one attached hydrogen (secondary N) is 1. The smallest absolute Gasteiger partial charge is 0.331 e. The van der Waals surface area contributed by atoms with Crippen molar-refractivity contribution in [2.75, 3.05) is 20.8 Å². The predicted molar refractivity (Wildman–Crippen MR) is 83.0 cm³/mol. The fourth-order valence-corrected chi connectivity index (χ4v) is 2.10. The Kier molecular flexibility index (Phi) is 4.80. The highest BCUT2D eigenvalue weighted by Gasteiger charge is 2.34. The number of carbonyl (C=O) groups is 3. The Labute approximate surface area is 133 Å². The van der Waals surface area contributed by atoms with Gasteiger partial charge in [-0.15, -0.1) is 6.58 Å². The second-order valence-corrected chi connectivity index (χ2v) is 4.64. The lowest BCUT2D eigenvalue weighted by Crippen LogP contribution is -2.54. The van der Waals surface area contributed by atoms with E-state index in [1.165, 1.54) is 26.4 Å². The Morgan fingerprint density at radius 1 is 1.17 bits per heavy atom. The van der Waals surface area contributed by atoms with Crippen molar-refractivity contribution in [2.24, 2.45) is 0 Å². The van der Waals surface area contributed by atoms with Gasteiger partial charge in [0.15, 0.2) is 11.5 Å². The second-order valence-electron chi connectivity index (χ2n) is 4.64. The van der Waals surface area contributed by atoms with E-state index in [1.54, 1.807) is 18.2 Å². The van der Waals surface area contributed by atoms with Crippen LogP contribution in [0.5, 0.6) is 11.5 Å². The molecule has 0 saturated carbocycles. The molecule has 0 unspecified atom stereocenters. The third-order valence-corrected chi connectivity index (χ3v) is 3.22. The standard InChI is InChI=1S/C16H16N2O5/c1-4-7-18-15(20)11(14(19)17-16(18)21)8-10-5-6-12(22-2)13(9-10)23-3/h4-6,8-9H,1,7H2,2-3H3,(H,17,19,21). The van der Waals surface area contributed by atoms with Gasteiger partial charge in [0.25, 0.3) is 11.8 Å². The van der Waals surface area contributed by atoms with Gasteiger partial charge in [-0.25, -0.2) is 4.79 Å². The summed E-state index contributed by atoms with van der Waals surface area (Å²) in [6, 6.07) is 4.19. The maximum atomic E-state index is 12.3. The molecule has 1 heterocycles. The second kappa shape index (κ2) is 6.78. The number of benzene rings is 1. The highest BCUT2D eigenvalue weighted by Crippen LogP contribution is 2.28. The first-order valence-electron chi connectivity index (χ1n) is 6.73. The minimum absolute atomic E-state index is 0.0151. The van der Waals surface area contributed by atoms with Crippen LogP contribution in [0.1, 0.15) is 5.56 Å². The van der Waals surface area contributed by atoms with Crippen molar-refractivity contribution in [3.05, 3.63) is 42.0 Å². The SMILES string of the molecule is C=CCN1C(=O)NC(=O)C(=Cc2ccc(OC)c(OC)c2)C1=O. The van der Waals surface area contributed by atoms with Crippen molar-refractivity contribution >= 4 is 23.9 Å². The minimum Gasteiger partial charge on any atom is -0.493 e. The third-order valence-electron chi connectivity index (χ3n) is 3.22. The summed E-state index contributed by atoms with van der Waals surface area (Å²) in [5.41, 5.74) is 0.424. The average Bonchev–Trinajstić information content (AvgIpc) is 2.55. The number of amides is 4. The fraction of sp³-hybridized carbons (Fsp3) is 0.188. The normalized spacial score (nSPS) is 16.3. The molecule has 1 saturated heterocycles. The van der Waals surface area contributed by atoms with Crippen LogP contribution in [-0.4, -0.2) is 43.5 Å². The molecule has 23 heavy (non-hydrogen) atoms. The minimum atomic E-state index is -0.760. The lowest BCUT2D eigenvalue weighted by Gasteiger charge is -2.25. The van der Waals surface area contributed by atoms with Crippen LogP contribution in [0.2, 0.25) is 0 Å². The van der Waals surface area contributed by atoms with Gasteiger partial charge in [0.2, 0.25) is 0 Å². The van der Waals surface area contributed by atoms with E-state index >= 15 is 0 Å². The van der Waals surface area contributed by atoms with Crippen LogP contribution in [0, 0.1) is 0 Å². The highest BCUT2D eigenvalue weighted by atomic mass is 16.5. The zero-order chi connectivity index (χ0) is 17.0. The molecule has 2 rings (SSSR count). The van der Waals surface area contributed by atoms with Gasteiger partial charge in [-0.1, -0.05) is 12.1 Å². The summed E-state index contributed by atoms with van der Waals surface area (Å²) in [6.07, 6.45) is 2.80. The van der Waals surface area contributed by atoms with E-state index in [9.17, 15) is 14.4 Å². The summed E-state index contributed by atoms with van der Waals surface area (Å²) in [5.74, 6) is -0.425. The Balaban J connectivity index is 2.40. The number of urea groups is 1. The zero-order valence-corrected chi connectivity index (χ0v) is 12.8. The van der Waals surface area contributed by atoms with Crippen LogP contribution in [0.4, 0.5) is 4.79 Å². The van der Waals surface area contributed by atoms with E-state index < -0.39 is 17.8 Å².